The van der Waals surface area contributed by atoms with Crippen LogP contribution in [-0.2, 0) is 4.79 Å². The predicted molar refractivity (Wildman–Crippen MR) is 103 cm³/mol. The van der Waals surface area contributed by atoms with Crippen molar-refractivity contribution in [1.29, 1.82) is 5.26 Å². The standard InChI is InChI=1S/C19H22N4OS/c1-13-11-16(5-6-17(13)23-8-3-4-9-23)21-14(2)18(24)22-19-15(12-20)7-10-25-19/h5-7,10-11,14,21H,3-4,8-9H2,1-2H3,(H,22,24)/t14-/m1/s1. The molecule has 1 aromatic carbocycles. The fraction of sp³-hybridized carbons (Fsp3) is 0.368. The SMILES string of the molecule is Cc1cc(N[C@H](C)C(=O)Nc2sccc2C#N)ccc1N1CCCC1. The van der Waals surface area contributed by atoms with E-state index >= 15 is 0 Å². The minimum atomic E-state index is -0.398. The number of benzene rings is 1. The molecule has 0 spiro atoms. The van der Waals surface area contributed by atoms with Crippen LogP contribution in [0.5, 0.6) is 0 Å². The first-order chi connectivity index (χ1) is 12.1. The van der Waals surface area contributed by atoms with Gasteiger partial charge in [-0.25, -0.2) is 0 Å². The van der Waals surface area contributed by atoms with Gasteiger partial charge in [-0.1, -0.05) is 0 Å². The van der Waals surface area contributed by atoms with Gasteiger partial charge in [-0.2, -0.15) is 5.26 Å². The predicted octanol–water partition coefficient (Wildman–Crippen LogP) is 3.97. The first-order valence-electron chi connectivity index (χ1n) is 8.49. The second kappa shape index (κ2) is 7.58. The van der Waals surface area contributed by atoms with Crippen molar-refractivity contribution in [2.24, 2.45) is 0 Å². The summed E-state index contributed by atoms with van der Waals surface area (Å²) in [6.45, 7) is 6.16. The van der Waals surface area contributed by atoms with Crippen LogP contribution in [0.3, 0.4) is 0 Å². The Morgan fingerprint density at radius 2 is 2.08 bits per heavy atom. The summed E-state index contributed by atoms with van der Waals surface area (Å²) in [5.41, 5.74) is 3.91. The van der Waals surface area contributed by atoms with Crippen LogP contribution in [0.2, 0.25) is 0 Å². The third-order valence-corrected chi connectivity index (χ3v) is 5.27. The Bertz CT molecular complexity index is 802. The number of hydrogen-bond acceptors (Lipinski definition) is 5. The molecule has 1 fully saturated rings. The van der Waals surface area contributed by atoms with E-state index in [1.807, 2.05) is 13.0 Å². The van der Waals surface area contributed by atoms with Gasteiger partial charge in [0.15, 0.2) is 0 Å². The molecule has 0 bridgehead atoms. The zero-order valence-electron chi connectivity index (χ0n) is 14.5. The highest BCUT2D eigenvalue weighted by Gasteiger charge is 2.17. The van der Waals surface area contributed by atoms with E-state index in [-0.39, 0.29) is 5.91 Å². The van der Waals surface area contributed by atoms with E-state index in [0.29, 0.717) is 10.6 Å². The van der Waals surface area contributed by atoms with Crippen molar-refractivity contribution in [1.82, 2.24) is 0 Å². The summed E-state index contributed by atoms with van der Waals surface area (Å²) in [7, 11) is 0. The molecule has 0 aliphatic carbocycles. The van der Waals surface area contributed by atoms with Crippen LogP contribution in [0.15, 0.2) is 29.6 Å². The van der Waals surface area contributed by atoms with E-state index in [4.69, 9.17) is 5.26 Å². The van der Waals surface area contributed by atoms with E-state index in [9.17, 15) is 4.79 Å². The number of rotatable bonds is 5. The number of nitriles is 1. The Morgan fingerprint density at radius 3 is 2.76 bits per heavy atom. The zero-order valence-corrected chi connectivity index (χ0v) is 15.3. The molecule has 1 aromatic heterocycles. The summed E-state index contributed by atoms with van der Waals surface area (Å²) < 4.78 is 0. The Hall–Kier alpha value is -2.52. The third-order valence-electron chi connectivity index (χ3n) is 4.44. The average molecular weight is 354 g/mol. The molecular weight excluding hydrogens is 332 g/mol. The molecule has 1 amide bonds. The van der Waals surface area contributed by atoms with Crippen molar-refractivity contribution >= 4 is 33.6 Å². The lowest BCUT2D eigenvalue weighted by molar-refractivity contribution is -0.116. The van der Waals surface area contributed by atoms with E-state index in [1.54, 1.807) is 11.4 Å². The fourth-order valence-electron chi connectivity index (χ4n) is 3.09. The largest absolute Gasteiger partial charge is 0.374 e. The van der Waals surface area contributed by atoms with Gasteiger partial charge in [0.25, 0.3) is 0 Å². The molecule has 0 saturated carbocycles. The zero-order chi connectivity index (χ0) is 17.8. The maximum absolute atomic E-state index is 12.4. The molecule has 5 nitrogen and oxygen atoms in total. The molecule has 1 atom stereocenters. The molecule has 2 aromatic rings. The van der Waals surface area contributed by atoms with E-state index in [0.717, 1.165) is 18.8 Å². The maximum Gasteiger partial charge on any atom is 0.247 e. The summed E-state index contributed by atoms with van der Waals surface area (Å²) in [5, 5.41) is 17.5. The topological polar surface area (TPSA) is 68.2 Å². The van der Waals surface area contributed by atoms with Gasteiger partial charge in [0, 0.05) is 24.5 Å². The molecule has 25 heavy (non-hydrogen) atoms. The number of nitrogens with one attached hydrogen (secondary N) is 2. The highest BCUT2D eigenvalue weighted by molar-refractivity contribution is 7.14. The van der Waals surface area contributed by atoms with Gasteiger partial charge in [-0.3, -0.25) is 4.79 Å². The molecule has 2 N–H and O–H groups in total. The minimum Gasteiger partial charge on any atom is -0.374 e. The van der Waals surface area contributed by atoms with Crippen LogP contribution < -0.4 is 15.5 Å². The Labute approximate surface area is 152 Å². The monoisotopic (exact) mass is 354 g/mol. The number of carbonyl (C=O) groups is 1. The third kappa shape index (κ3) is 3.94. The number of amides is 1. The molecule has 1 saturated heterocycles. The second-order valence-electron chi connectivity index (χ2n) is 6.33. The van der Waals surface area contributed by atoms with Crippen molar-refractivity contribution in [3.63, 3.8) is 0 Å². The van der Waals surface area contributed by atoms with E-state index in [1.165, 1.54) is 35.4 Å². The van der Waals surface area contributed by atoms with Gasteiger partial charge in [0.1, 0.15) is 17.1 Å². The maximum atomic E-state index is 12.4. The molecule has 1 aliphatic heterocycles. The summed E-state index contributed by atoms with van der Waals surface area (Å²) in [6, 6.07) is 9.63. The Balaban J connectivity index is 1.64. The van der Waals surface area contributed by atoms with Crippen LogP contribution in [0.1, 0.15) is 30.9 Å². The Kier molecular flexibility index (Phi) is 5.25. The van der Waals surface area contributed by atoms with Crippen LogP contribution in [0.25, 0.3) is 0 Å². The molecule has 0 unspecified atom stereocenters. The molecular formula is C19H22N4OS. The molecule has 3 rings (SSSR count). The molecule has 1 aliphatic rings. The normalized spacial score (nSPS) is 14.8. The van der Waals surface area contributed by atoms with Crippen molar-refractivity contribution in [3.05, 3.63) is 40.8 Å². The number of aryl methyl sites for hydroxylation is 1. The van der Waals surface area contributed by atoms with E-state index in [2.05, 4.69) is 40.7 Å². The van der Waals surface area contributed by atoms with Crippen molar-refractivity contribution in [3.8, 4) is 6.07 Å². The van der Waals surface area contributed by atoms with Crippen molar-refractivity contribution < 1.29 is 4.79 Å². The molecule has 0 radical (unpaired) electrons. The quantitative estimate of drug-likeness (QED) is 0.852. The summed E-state index contributed by atoms with van der Waals surface area (Å²) >= 11 is 1.36. The van der Waals surface area contributed by atoms with Gasteiger partial charge >= 0.3 is 0 Å². The number of anilines is 3. The summed E-state index contributed by atoms with van der Waals surface area (Å²) in [6.07, 6.45) is 2.51. The van der Waals surface area contributed by atoms with Crippen LogP contribution in [0.4, 0.5) is 16.4 Å². The van der Waals surface area contributed by atoms with Gasteiger partial charge in [-0.15, -0.1) is 11.3 Å². The lowest BCUT2D eigenvalue weighted by Gasteiger charge is -2.22. The first kappa shape index (κ1) is 17.3. The smallest absolute Gasteiger partial charge is 0.247 e. The molecule has 2 heterocycles. The lowest BCUT2D eigenvalue weighted by atomic mass is 10.1. The van der Waals surface area contributed by atoms with Gasteiger partial charge in [-0.05, 0) is 61.9 Å². The minimum absolute atomic E-state index is 0.153. The van der Waals surface area contributed by atoms with Crippen molar-refractivity contribution in [2.75, 3.05) is 28.6 Å². The van der Waals surface area contributed by atoms with Gasteiger partial charge in [0.2, 0.25) is 5.91 Å². The first-order valence-corrected chi connectivity index (χ1v) is 9.37. The van der Waals surface area contributed by atoms with Crippen LogP contribution >= 0.6 is 11.3 Å². The molecule has 130 valence electrons. The van der Waals surface area contributed by atoms with Crippen molar-refractivity contribution in [2.45, 2.75) is 32.7 Å². The van der Waals surface area contributed by atoms with Gasteiger partial charge < -0.3 is 15.5 Å². The fourth-order valence-corrected chi connectivity index (χ4v) is 3.83. The average Bonchev–Trinajstić information content (AvgIpc) is 3.26. The van der Waals surface area contributed by atoms with Crippen LogP contribution in [-0.4, -0.2) is 25.0 Å². The Morgan fingerprint density at radius 1 is 1.32 bits per heavy atom. The summed E-state index contributed by atoms with van der Waals surface area (Å²) in [4.78, 5) is 14.8. The number of hydrogen-bond donors (Lipinski definition) is 2. The highest BCUT2D eigenvalue weighted by atomic mass is 32.1. The number of carbonyl (C=O) groups excluding carboxylic acids is 1. The van der Waals surface area contributed by atoms with Gasteiger partial charge in [0.05, 0.1) is 5.56 Å². The number of thiophene rings is 1. The van der Waals surface area contributed by atoms with Crippen LogP contribution in [0, 0.1) is 18.3 Å². The second-order valence-corrected chi connectivity index (χ2v) is 7.24. The summed E-state index contributed by atoms with van der Waals surface area (Å²) in [5.74, 6) is -0.153. The molecule has 6 heteroatoms. The lowest BCUT2D eigenvalue weighted by Crippen LogP contribution is -2.31. The highest BCUT2D eigenvalue weighted by Crippen LogP contribution is 2.27. The van der Waals surface area contributed by atoms with E-state index < -0.39 is 6.04 Å². The number of nitrogens with zero attached hydrogens (tertiary/aromatic N) is 2.